The predicted molar refractivity (Wildman–Crippen MR) is 111 cm³/mol. The summed E-state index contributed by atoms with van der Waals surface area (Å²) in [5.41, 5.74) is 1.38. The summed E-state index contributed by atoms with van der Waals surface area (Å²) in [6.45, 7) is 5.11. The first-order chi connectivity index (χ1) is 13.9. The molecule has 0 bridgehead atoms. The number of rotatable bonds is 7. The van der Waals surface area contributed by atoms with Gasteiger partial charge in [0.25, 0.3) is 5.91 Å². The van der Waals surface area contributed by atoms with Gasteiger partial charge in [0.05, 0.1) is 23.3 Å². The number of carbonyl (C=O) groups is 1. The highest BCUT2D eigenvalue weighted by atomic mass is 35.5. The molecule has 0 aliphatic heterocycles. The average Bonchev–Trinajstić information content (AvgIpc) is 2.72. The number of carbonyl (C=O) groups excluding carboxylic acids is 1. The fourth-order valence-electron chi connectivity index (χ4n) is 2.69. The van der Waals surface area contributed by atoms with Gasteiger partial charge in [0, 0.05) is 25.7 Å². The Bertz CT molecular complexity index is 968. The number of amides is 1. The topological polar surface area (TPSA) is 57.5 Å². The van der Waals surface area contributed by atoms with Gasteiger partial charge in [-0.25, -0.2) is 9.45 Å². The third-order valence-corrected chi connectivity index (χ3v) is 4.60. The van der Waals surface area contributed by atoms with Gasteiger partial charge in [-0.3, -0.25) is 14.6 Å². The van der Waals surface area contributed by atoms with E-state index in [-0.39, 0.29) is 21.8 Å². The summed E-state index contributed by atoms with van der Waals surface area (Å²) in [5.74, 6) is 1.55. The molecule has 0 fully saturated rings. The Kier molecular flexibility index (Phi) is 7.71. The molecule has 0 unspecified atom stereocenters. The summed E-state index contributed by atoms with van der Waals surface area (Å²) < 4.78 is 14.0. The first kappa shape index (κ1) is 22.3. The van der Waals surface area contributed by atoms with Crippen LogP contribution in [0.5, 0.6) is 0 Å². The molecule has 0 aliphatic carbocycles. The maximum Gasteiger partial charge on any atom is 0.277 e. The van der Waals surface area contributed by atoms with Gasteiger partial charge in [0.1, 0.15) is 11.5 Å². The van der Waals surface area contributed by atoms with Crippen molar-refractivity contribution in [1.82, 2.24) is 10.1 Å². The van der Waals surface area contributed by atoms with Crippen molar-refractivity contribution in [2.75, 3.05) is 27.2 Å². The van der Waals surface area contributed by atoms with Crippen LogP contribution in [0.25, 0.3) is 11.1 Å². The quantitative estimate of drug-likeness (QED) is 0.358. The van der Waals surface area contributed by atoms with Crippen molar-refractivity contribution in [1.29, 1.82) is 0 Å². The normalized spacial score (nSPS) is 10.8. The summed E-state index contributed by atoms with van der Waals surface area (Å²) in [6, 6.07) is 7.23. The molecule has 152 valence electrons. The summed E-state index contributed by atoms with van der Waals surface area (Å²) in [4.78, 5) is 17.9. The molecule has 0 radical (unpaired) electrons. The van der Waals surface area contributed by atoms with Crippen LogP contribution in [0.4, 0.5) is 10.1 Å². The van der Waals surface area contributed by atoms with Crippen LogP contribution in [0.1, 0.15) is 29.8 Å². The zero-order valence-electron chi connectivity index (χ0n) is 16.7. The van der Waals surface area contributed by atoms with Gasteiger partial charge in [-0.15, -0.1) is 11.5 Å². The lowest BCUT2D eigenvalue weighted by atomic mass is 9.94. The summed E-state index contributed by atoms with van der Waals surface area (Å²) in [7, 11) is 2.82. The highest BCUT2D eigenvalue weighted by Crippen LogP contribution is 2.41. The zero-order valence-corrected chi connectivity index (χ0v) is 17.5. The third kappa shape index (κ3) is 4.91. The van der Waals surface area contributed by atoms with Crippen molar-refractivity contribution >= 4 is 23.2 Å². The van der Waals surface area contributed by atoms with Gasteiger partial charge in [-0.05, 0) is 37.6 Å². The van der Waals surface area contributed by atoms with E-state index in [0.29, 0.717) is 24.2 Å². The largest absolute Gasteiger partial charge is 0.279 e. The van der Waals surface area contributed by atoms with Gasteiger partial charge in [0.2, 0.25) is 0 Å². The maximum atomic E-state index is 14.0. The molecule has 2 aromatic rings. The number of hydroxylamine groups is 2. The van der Waals surface area contributed by atoms with Gasteiger partial charge in [-0.1, -0.05) is 34.9 Å². The van der Waals surface area contributed by atoms with Crippen LogP contribution >= 0.6 is 11.6 Å². The molecule has 6 nitrogen and oxygen atoms in total. The molecule has 2 aromatic carbocycles. The van der Waals surface area contributed by atoms with E-state index in [0.717, 1.165) is 5.06 Å². The molecule has 0 N–H and O–H groups in total. The molecule has 0 spiro atoms. The van der Waals surface area contributed by atoms with E-state index in [1.54, 1.807) is 11.1 Å². The van der Waals surface area contributed by atoms with Crippen LogP contribution in [-0.2, 0) is 4.84 Å². The van der Waals surface area contributed by atoms with Gasteiger partial charge in [0.15, 0.2) is 0 Å². The van der Waals surface area contributed by atoms with Crippen molar-refractivity contribution in [2.45, 2.75) is 13.8 Å². The van der Waals surface area contributed by atoms with Crippen molar-refractivity contribution in [3.8, 4) is 23.5 Å². The van der Waals surface area contributed by atoms with Gasteiger partial charge in [-0.2, -0.15) is 0 Å². The Morgan fingerprint density at radius 1 is 1.31 bits per heavy atom. The predicted octanol–water partition coefficient (Wildman–Crippen LogP) is 5.10. The molecule has 0 saturated carbocycles. The second-order valence-corrected chi connectivity index (χ2v) is 6.38. The van der Waals surface area contributed by atoms with Crippen LogP contribution in [0.3, 0.4) is 0 Å². The van der Waals surface area contributed by atoms with Gasteiger partial charge < -0.3 is 0 Å². The number of halogens is 2. The summed E-state index contributed by atoms with van der Waals surface area (Å²) in [5, 5.41) is 11.4. The Hall–Kier alpha value is -2.95. The van der Waals surface area contributed by atoms with Crippen molar-refractivity contribution in [3.63, 3.8) is 0 Å². The Labute approximate surface area is 174 Å². The molecule has 0 saturated heterocycles. The Morgan fingerprint density at radius 3 is 2.55 bits per heavy atom. The minimum absolute atomic E-state index is 0.161. The summed E-state index contributed by atoms with van der Waals surface area (Å²) >= 11 is 6.36. The zero-order chi connectivity index (χ0) is 21.6. The van der Waals surface area contributed by atoms with Crippen molar-refractivity contribution in [3.05, 3.63) is 52.3 Å². The van der Waals surface area contributed by atoms with E-state index in [1.165, 1.54) is 38.4 Å². The number of benzene rings is 2. The minimum Gasteiger partial charge on any atom is -0.279 e. The lowest BCUT2D eigenvalue weighted by Gasteiger charge is -2.19. The lowest BCUT2D eigenvalue weighted by molar-refractivity contribution is -0.0756. The molecular formula is C21H22ClFN4O2. The number of hydrogen-bond donors (Lipinski definition) is 0. The first-order valence-corrected chi connectivity index (χ1v) is 9.33. The Morgan fingerprint density at radius 2 is 2.00 bits per heavy atom. The summed E-state index contributed by atoms with van der Waals surface area (Å²) in [6.07, 6.45) is 5.67. The standard InChI is InChI=1S/C21H22ClFN4O2/c1-6-16-18(22)13-17(21(28)26(4)29-5)19(14-10-9-11-15(23)12-14)20(16)24-25-27(7-2)8-3/h1,9-13H,7-8H2,2-5H3. The molecular weight excluding hydrogens is 395 g/mol. The fourth-order valence-corrected chi connectivity index (χ4v) is 2.94. The molecule has 8 heteroatoms. The molecule has 2 rings (SSSR count). The van der Waals surface area contributed by atoms with E-state index in [1.807, 2.05) is 13.8 Å². The second-order valence-electron chi connectivity index (χ2n) is 5.97. The van der Waals surface area contributed by atoms with E-state index >= 15 is 0 Å². The smallest absolute Gasteiger partial charge is 0.277 e. The van der Waals surface area contributed by atoms with Crippen molar-refractivity contribution in [2.24, 2.45) is 10.3 Å². The SMILES string of the molecule is C#Cc1c(Cl)cc(C(=O)N(C)OC)c(-c2cccc(F)c2)c1N=NN(CC)CC. The van der Waals surface area contributed by atoms with Crippen molar-refractivity contribution < 1.29 is 14.0 Å². The van der Waals surface area contributed by atoms with E-state index in [2.05, 4.69) is 16.3 Å². The highest BCUT2D eigenvalue weighted by Gasteiger charge is 2.25. The molecule has 1 amide bonds. The monoisotopic (exact) mass is 416 g/mol. The molecule has 0 aliphatic rings. The van der Waals surface area contributed by atoms with Gasteiger partial charge >= 0.3 is 0 Å². The molecule has 0 atom stereocenters. The fraction of sp³-hybridized carbons (Fsp3) is 0.286. The lowest BCUT2D eigenvalue weighted by Crippen LogP contribution is -2.26. The maximum absolute atomic E-state index is 14.0. The Balaban J connectivity index is 2.89. The highest BCUT2D eigenvalue weighted by molar-refractivity contribution is 6.33. The van der Waals surface area contributed by atoms with Crippen LogP contribution in [0.2, 0.25) is 5.02 Å². The second kappa shape index (κ2) is 10.0. The van der Waals surface area contributed by atoms with Crippen LogP contribution in [0.15, 0.2) is 40.7 Å². The number of terminal acetylenes is 1. The van der Waals surface area contributed by atoms with Crippen LogP contribution in [0, 0.1) is 18.2 Å². The van der Waals surface area contributed by atoms with Crippen LogP contribution < -0.4 is 0 Å². The van der Waals surface area contributed by atoms with E-state index < -0.39 is 11.7 Å². The molecule has 29 heavy (non-hydrogen) atoms. The molecule has 0 heterocycles. The molecule has 0 aromatic heterocycles. The average molecular weight is 417 g/mol. The first-order valence-electron chi connectivity index (χ1n) is 8.95. The number of nitrogens with zero attached hydrogens (tertiary/aromatic N) is 4. The van der Waals surface area contributed by atoms with Crippen LogP contribution in [-0.4, -0.2) is 43.2 Å². The van der Waals surface area contributed by atoms with E-state index in [9.17, 15) is 9.18 Å². The third-order valence-electron chi connectivity index (χ3n) is 4.30. The minimum atomic E-state index is -0.489. The number of hydrogen-bond acceptors (Lipinski definition) is 4. The van der Waals surface area contributed by atoms with E-state index in [4.69, 9.17) is 22.9 Å².